The van der Waals surface area contributed by atoms with E-state index in [1.165, 1.54) is 212 Å². The van der Waals surface area contributed by atoms with Crippen LogP contribution in [0.5, 0.6) is 0 Å². The number of nitrogens with zero attached hydrogens (tertiary/aromatic N) is 1. The Balaban J connectivity index is 0. The van der Waals surface area contributed by atoms with Crippen LogP contribution < -0.4 is 5.73 Å². The standard InChI is InChI=1S/C43H90N2O.BrH/c1-5-7-9-11-13-15-17-19-21-23-25-27-29-31-33-35-37-42(41-45(4)39-40-46)43(3,44)38-36-34-32-30-28-26-24-22-20-18-16-14-12-10-8-6-2;/h42,46H,5-41,44H2,1-4H3;1H. The van der Waals surface area contributed by atoms with E-state index in [4.69, 9.17) is 5.73 Å². The van der Waals surface area contributed by atoms with Crippen molar-refractivity contribution >= 4 is 17.0 Å². The molecule has 0 rings (SSSR count). The van der Waals surface area contributed by atoms with Gasteiger partial charge >= 0.3 is 0 Å². The SMILES string of the molecule is Br.CCCCCCCCCCCCCCCCCCC(CN(C)CCO)C(C)(N)CCCCCCCCCCCCCCCCCC. The predicted molar refractivity (Wildman–Crippen MR) is 219 cm³/mol. The maximum Gasteiger partial charge on any atom is 0.0558 e. The van der Waals surface area contributed by atoms with Crippen LogP contribution in [-0.4, -0.2) is 42.3 Å². The first-order valence-corrected chi connectivity index (χ1v) is 21.6. The number of rotatable bonds is 39. The highest BCUT2D eigenvalue weighted by molar-refractivity contribution is 8.93. The van der Waals surface area contributed by atoms with Crippen molar-refractivity contribution in [2.75, 3.05) is 26.7 Å². The quantitative estimate of drug-likeness (QED) is 0.0619. The molecule has 0 aliphatic heterocycles. The molecule has 0 aromatic rings. The molecule has 0 aromatic heterocycles. The van der Waals surface area contributed by atoms with Crippen molar-refractivity contribution in [1.29, 1.82) is 0 Å². The third-order valence-corrected chi connectivity index (χ3v) is 10.9. The van der Waals surface area contributed by atoms with E-state index in [1.54, 1.807) is 0 Å². The van der Waals surface area contributed by atoms with Gasteiger partial charge in [-0.2, -0.15) is 0 Å². The first-order chi connectivity index (χ1) is 22.5. The molecule has 286 valence electrons. The summed E-state index contributed by atoms with van der Waals surface area (Å²) in [4.78, 5) is 2.30. The van der Waals surface area contributed by atoms with Crippen LogP contribution in [0.4, 0.5) is 0 Å². The van der Waals surface area contributed by atoms with Gasteiger partial charge in [0.15, 0.2) is 0 Å². The van der Waals surface area contributed by atoms with E-state index in [2.05, 4.69) is 32.7 Å². The normalized spacial score (nSPS) is 13.6. The number of nitrogens with two attached hydrogens (primary N) is 1. The Morgan fingerprint density at radius 1 is 0.489 bits per heavy atom. The molecule has 3 N–H and O–H groups in total. The highest BCUT2D eigenvalue weighted by atomic mass is 79.9. The number of aliphatic hydroxyl groups is 1. The van der Waals surface area contributed by atoms with Crippen LogP contribution in [0.25, 0.3) is 0 Å². The highest BCUT2D eigenvalue weighted by Crippen LogP contribution is 2.28. The molecule has 0 aliphatic rings. The number of hydrogen-bond donors (Lipinski definition) is 2. The molecule has 2 atom stereocenters. The maximum absolute atomic E-state index is 9.46. The zero-order valence-electron chi connectivity index (χ0n) is 33.1. The van der Waals surface area contributed by atoms with Crippen molar-refractivity contribution in [3.05, 3.63) is 0 Å². The first kappa shape index (κ1) is 49.5. The van der Waals surface area contributed by atoms with Crippen LogP contribution in [0.2, 0.25) is 0 Å². The van der Waals surface area contributed by atoms with Crippen LogP contribution in [-0.2, 0) is 0 Å². The summed E-state index contributed by atoms with van der Waals surface area (Å²) in [6, 6.07) is 0. The lowest BCUT2D eigenvalue weighted by atomic mass is 9.78. The third-order valence-electron chi connectivity index (χ3n) is 10.9. The second kappa shape index (κ2) is 39.2. The zero-order valence-corrected chi connectivity index (χ0v) is 34.8. The fraction of sp³-hybridized carbons (Fsp3) is 1.00. The predicted octanol–water partition coefficient (Wildman–Crippen LogP) is 14.1. The Hall–Kier alpha value is 0.360. The Kier molecular flexibility index (Phi) is 41.2. The second-order valence-electron chi connectivity index (χ2n) is 15.8. The molecule has 47 heavy (non-hydrogen) atoms. The fourth-order valence-electron chi connectivity index (χ4n) is 7.46. The molecule has 0 heterocycles. The number of likely N-dealkylation sites (N-methyl/N-ethyl adjacent to an activating group) is 1. The van der Waals surface area contributed by atoms with Gasteiger partial charge in [-0.05, 0) is 32.7 Å². The number of aliphatic hydroxyl groups excluding tert-OH is 1. The van der Waals surface area contributed by atoms with Crippen LogP contribution in [0.3, 0.4) is 0 Å². The topological polar surface area (TPSA) is 49.5 Å². The van der Waals surface area contributed by atoms with Gasteiger partial charge in [0.05, 0.1) is 6.61 Å². The van der Waals surface area contributed by atoms with E-state index in [0.29, 0.717) is 5.92 Å². The smallest absolute Gasteiger partial charge is 0.0558 e. The van der Waals surface area contributed by atoms with E-state index >= 15 is 0 Å². The van der Waals surface area contributed by atoms with Crippen LogP contribution in [0.15, 0.2) is 0 Å². The molecule has 0 aromatic carbocycles. The van der Waals surface area contributed by atoms with Gasteiger partial charge < -0.3 is 15.7 Å². The Bertz CT molecular complexity index is 572. The summed E-state index contributed by atoms with van der Waals surface area (Å²) in [6.45, 7) is 8.94. The van der Waals surface area contributed by atoms with Crippen LogP contribution in [0.1, 0.15) is 239 Å². The molecular weight excluding hydrogens is 640 g/mol. The summed E-state index contributed by atoms with van der Waals surface area (Å²) < 4.78 is 0. The Morgan fingerprint density at radius 3 is 1.06 bits per heavy atom. The lowest BCUT2D eigenvalue weighted by Crippen LogP contribution is -2.48. The Labute approximate surface area is 308 Å². The molecule has 0 radical (unpaired) electrons. The monoisotopic (exact) mass is 731 g/mol. The molecule has 0 spiro atoms. The van der Waals surface area contributed by atoms with E-state index in [9.17, 15) is 5.11 Å². The van der Waals surface area contributed by atoms with Gasteiger partial charge in [0.25, 0.3) is 0 Å². The van der Waals surface area contributed by atoms with E-state index < -0.39 is 0 Å². The zero-order chi connectivity index (χ0) is 33.8. The summed E-state index contributed by atoms with van der Waals surface area (Å²) in [7, 11) is 2.15. The maximum atomic E-state index is 9.46. The summed E-state index contributed by atoms with van der Waals surface area (Å²) in [6.07, 6.45) is 47.8. The lowest BCUT2D eigenvalue weighted by Gasteiger charge is -2.37. The van der Waals surface area contributed by atoms with E-state index in [0.717, 1.165) is 19.5 Å². The van der Waals surface area contributed by atoms with Gasteiger partial charge in [-0.3, -0.25) is 0 Å². The van der Waals surface area contributed by atoms with Crippen molar-refractivity contribution in [2.24, 2.45) is 11.7 Å². The van der Waals surface area contributed by atoms with Crippen LogP contribution >= 0.6 is 17.0 Å². The minimum absolute atomic E-state index is 0. The second-order valence-corrected chi connectivity index (χ2v) is 15.8. The minimum atomic E-state index is -0.102. The molecule has 3 nitrogen and oxygen atoms in total. The van der Waals surface area contributed by atoms with Crippen LogP contribution in [0, 0.1) is 5.92 Å². The summed E-state index contributed by atoms with van der Waals surface area (Å²) in [5, 5.41) is 9.46. The fourth-order valence-corrected chi connectivity index (χ4v) is 7.46. The molecule has 0 aliphatic carbocycles. The molecular formula is C43H91BrN2O. The van der Waals surface area contributed by atoms with E-state index in [-0.39, 0.29) is 29.1 Å². The molecule has 4 heteroatoms. The average molecular weight is 732 g/mol. The van der Waals surface area contributed by atoms with Gasteiger partial charge in [0, 0.05) is 18.6 Å². The van der Waals surface area contributed by atoms with Crippen molar-refractivity contribution in [3.63, 3.8) is 0 Å². The minimum Gasteiger partial charge on any atom is -0.395 e. The average Bonchev–Trinajstić information content (AvgIpc) is 3.03. The molecule has 0 bridgehead atoms. The van der Waals surface area contributed by atoms with Crippen molar-refractivity contribution in [2.45, 2.75) is 245 Å². The van der Waals surface area contributed by atoms with Gasteiger partial charge in [-0.15, -0.1) is 17.0 Å². The first-order valence-electron chi connectivity index (χ1n) is 21.6. The van der Waals surface area contributed by atoms with Gasteiger partial charge in [0.1, 0.15) is 0 Å². The molecule has 0 saturated carbocycles. The van der Waals surface area contributed by atoms with Gasteiger partial charge in [-0.1, -0.05) is 219 Å². The number of halogens is 1. The molecule has 0 amide bonds. The van der Waals surface area contributed by atoms with Crippen molar-refractivity contribution in [3.8, 4) is 0 Å². The van der Waals surface area contributed by atoms with Crippen molar-refractivity contribution in [1.82, 2.24) is 4.90 Å². The lowest BCUT2D eigenvalue weighted by molar-refractivity contribution is 0.153. The highest BCUT2D eigenvalue weighted by Gasteiger charge is 2.30. The van der Waals surface area contributed by atoms with E-state index in [1.807, 2.05) is 0 Å². The number of hydrogen-bond acceptors (Lipinski definition) is 3. The summed E-state index contributed by atoms with van der Waals surface area (Å²) >= 11 is 0. The molecule has 2 unspecified atom stereocenters. The molecule has 0 fully saturated rings. The van der Waals surface area contributed by atoms with Gasteiger partial charge in [0.2, 0.25) is 0 Å². The largest absolute Gasteiger partial charge is 0.395 e. The molecule has 0 saturated heterocycles. The third kappa shape index (κ3) is 36.0. The van der Waals surface area contributed by atoms with Gasteiger partial charge in [-0.25, -0.2) is 0 Å². The Morgan fingerprint density at radius 2 is 0.766 bits per heavy atom. The summed E-state index contributed by atoms with van der Waals surface area (Å²) in [5.74, 6) is 0.520. The number of unbranched alkanes of at least 4 members (excludes halogenated alkanes) is 30. The van der Waals surface area contributed by atoms with Crippen molar-refractivity contribution < 1.29 is 5.11 Å². The summed E-state index contributed by atoms with van der Waals surface area (Å²) in [5.41, 5.74) is 6.94.